The second-order valence-corrected chi connectivity index (χ2v) is 2.16. The molecule has 11 heavy (non-hydrogen) atoms. The summed E-state index contributed by atoms with van der Waals surface area (Å²) in [6, 6.07) is 0. The summed E-state index contributed by atoms with van der Waals surface area (Å²) < 4.78 is 0. The predicted molar refractivity (Wildman–Crippen MR) is 49.0 cm³/mol. The molecule has 0 N–H and O–H groups in total. The van der Waals surface area contributed by atoms with Crippen LogP contribution in [-0.2, 0) is 0 Å². The van der Waals surface area contributed by atoms with E-state index in [1.54, 1.807) is 0 Å². The lowest BCUT2D eigenvalue weighted by molar-refractivity contribution is 1.34. The van der Waals surface area contributed by atoms with E-state index in [9.17, 15) is 0 Å². The van der Waals surface area contributed by atoms with E-state index in [1.807, 2.05) is 48.6 Å². The molecule has 0 unspecified atom stereocenters. The van der Waals surface area contributed by atoms with E-state index in [1.165, 1.54) is 0 Å². The van der Waals surface area contributed by atoms with Crippen molar-refractivity contribution in [2.75, 3.05) is 0 Å². The van der Waals surface area contributed by atoms with Crippen LogP contribution in [-0.4, -0.2) is 0 Å². The normalized spacial score (nSPS) is 16.7. The molecule has 0 saturated carbocycles. The first-order chi connectivity index (χ1) is 5.50. The van der Waals surface area contributed by atoms with Gasteiger partial charge < -0.3 is 0 Å². The Morgan fingerprint density at radius 1 is 0.727 bits per heavy atom. The lowest BCUT2D eigenvalue weighted by Crippen LogP contribution is -1.57. The van der Waals surface area contributed by atoms with Crippen molar-refractivity contribution >= 4 is 0 Å². The van der Waals surface area contributed by atoms with E-state index < -0.39 is 0 Å². The molecule has 1 radical (unpaired) electrons. The van der Waals surface area contributed by atoms with Crippen LogP contribution in [0, 0.1) is 6.08 Å². The van der Waals surface area contributed by atoms with Gasteiger partial charge in [0.15, 0.2) is 0 Å². The van der Waals surface area contributed by atoms with Crippen LogP contribution in [0.4, 0.5) is 0 Å². The molecule has 0 heterocycles. The first-order valence-corrected chi connectivity index (χ1v) is 3.72. The first-order valence-electron chi connectivity index (χ1n) is 3.72. The maximum absolute atomic E-state index is 3.12. The molecule has 1 aliphatic carbocycles. The van der Waals surface area contributed by atoms with Crippen LogP contribution in [0.1, 0.15) is 6.42 Å². The van der Waals surface area contributed by atoms with Crippen molar-refractivity contribution in [2.24, 2.45) is 0 Å². The molecular formula is C11H11. The average Bonchev–Trinajstić information content (AvgIpc) is 2.08. The molecule has 0 aromatic heterocycles. The van der Waals surface area contributed by atoms with Gasteiger partial charge in [-0.1, -0.05) is 54.7 Å². The third-order valence-corrected chi connectivity index (χ3v) is 1.25. The van der Waals surface area contributed by atoms with Gasteiger partial charge in [-0.15, -0.1) is 0 Å². The summed E-state index contributed by atoms with van der Waals surface area (Å²) in [5.41, 5.74) is 0. The fraction of sp³-hybridized carbons (Fsp3) is 0.0909. The lowest BCUT2D eigenvalue weighted by atomic mass is 10.3. The van der Waals surface area contributed by atoms with Gasteiger partial charge in [0.1, 0.15) is 0 Å². The maximum atomic E-state index is 3.12. The van der Waals surface area contributed by atoms with E-state index in [0.717, 1.165) is 6.42 Å². The molecule has 0 nitrogen and oxygen atoms in total. The summed E-state index contributed by atoms with van der Waals surface area (Å²) in [7, 11) is 0. The summed E-state index contributed by atoms with van der Waals surface area (Å²) in [6.07, 6.45) is 22.0. The van der Waals surface area contributed by atoms with Crippen LogP contribution in [0.25, 0.3) is 0 Å². The van der Waals surface area contributed by atoms with Crippen LogP contribution < -0.4 is 0 Å². The van der Waals surface area contributed by atoms with Crippen molar-refractivity contribution in [3.05, 3.63) is 60.8 Å². The first kappa shape index (κ1) is 7.80. The van der Waals surface area contributed by atoms with E-state index >= 15 is 0 Å². The maximum Gasteiger partial charge on any atom is -0.00915 e. The standard InChI is InChI=1S/C11H11/c1-2-4-6-8-10-11-9-7-5-3-1/h1-9H,10H2. The molecule has 0 amide bonds. The van der Waals surface area contributed by atoms with Gasteiger partial charge >= 0.3 is 0 Å². The van der Waals surface area contributed by atoms with Gasteiger partial charge in [-0.05, 0) is 12.5 Å². The van der Waals surface area contributed by atoms with Gasteiger partial charge in [-0.3, -0.25) is 0 Å². The third kappa shape index (κ3) is 4.15. The zero-order chi connectivity index (χ0) is 7.78. The fourth-order valence-corrected chi connectivity index (χ4v) is 0.727. The van der Waals surface area contributed by atoms with Crippen molar-refractivity contribution in [2.45, 2.75) is 6.42 Å². The Kier molecular flexibility index (Phi) is 3.89. The molecule has 0 aromatic rings. The SMILES string of the molecule is [C]1=CC=CC=CC=CC=CC1. The zero-order valence-corrected chi connectivity index (χ0v) is 6.40. The van der Waals surface area contributed by atoms with Gasteiger partial charge in [0.25, 0.3) is 0 Å². The van der Waals surface area contributed by atoms with Crippen LogP contribution in [0.5, 0.6) is 0 Å². The minimum absolute atomic E-state index is 0.884. The molecule has 0 atom stereocenters. The minimum atomic E-state index is 0.884. The molecule has 0 spiro atoms. The van der Waals surface area contributed by atoms with Gasteiger partial charge in [0.2, 0.25) is 0 Å². The molecule has 0 fully saturated rings. The predicted octanol–water partition coefficient (Wildman–Crippen LogP) is 2.97. The molecule has 0 bridgehead atoms. The van der Waals surface area contributed by atoms with Crippen LogP contribution in [0.2, 0.25) is 0 Å². The highest BCUT2D eigenvalue weighted by atomic mass is 13.8. The van der Waals surface area contributed by atoms with Crippen molar-refractivity contribution in [1.82, 2.24) is 0 Å². The third-order valence-electron chi connectivity index (χ3n) is 1.25. The smallest absolute Gasteiger partial charge is 0.00915 e. The van der Waals surface area contributed by atoms with Crippen molar-refractivity contribution in [3.63, 3.8) is 0 Å². The number of rotatable bonds is 0. The number of hydrogen-bond donors (Lipinski definition) is 0. The number of allylic oxidation sites excluding steroid dienone is 10. The number of hydrogen-bond acceptors (Lipinski definition) is 0. The zero-order valence-electron chi connectivity index (χ0n) is 6.40. The van der Waals surface area contributed by atoms with Gasteiger partial charge in [-0.2, -0.15) is 0 Å². The van der Waals surface area contributed by atoms with E-state index in [0.29, 0.717) is 0 Å². The summed E-state index contributed by atoms with van der Waals surface area (Å²) in [6.45, 7) is 0. The molecule has 55 valence electrons. The Bertz CT molecular complexity index is 200. The summed E-state index contributed by atoms with van der Waals surface area (Å²) in [5, 5.41) is 0. The van der Waals surface area contributed by atoms with Crippen molar-refractivity contribution < 1.29 is 0 Å². The average molecular weight is 143 g/mol. The Labute approximate surface area is 67.9 Å². The molecule has 1 aliphatic rings. The van der Waals surface area contributed by atoms with Crippen LogP contribution in [0.15, 0.2) is 54.7 Å². The quantitative estimate of drug-likeness (QED) is 0.489. The van der Waals surface area contributed by atoms with E-state index in [-0.39, 0.29) is 0 Å². The second-order valence-electron chi connectivity index (χ2n) is 2.16. The van der Waals surface area contributed by atoms with E-state index in [4.69, 9.17) is 0 Å². The highest BCUT2D eigenvalue weighted by molar-refractivity contribution is 5.18. The Morgan fingerprint density at radius 2 is 1.36 bits per heavy atom. The highest BCUT2D eigenvalue weighted by Gasteiger charge is 1.70. The van der Waals surface area contributed by atoms with Crippen molar-refractivity contribution in [3.8, 4) is 0 Å². The van der Waals surface area contributed by atoms with Gasteiger partial charge in [0, 0.05) is 0 Å². The highest BCUT2D eigenvalue weighted by Crippen LogP contribution is 1.90. The Hall–Kier alpha value is -1.30. The summed E-state index contributed by atoms with van der Waals surface area (Å²) in [5.74, 6) is 0. The van der Waals surface area contributed by atoms with Gasteiger partial charge in [0.05, 0.1) is 0 Å². The fourth-order valence-electron chi connectivity index (χ4n) is 0.727. The molecule has 0 aliphatic heterocycles. The second kappa shape index (κ2) is 5.48. The van der Waals surface area contributed by atoms with E-state index in [2.05, 4.69) is 12.2 Å². The Balaban J connectivity index is 2.61. The van der Waals surface area contributed by atoms with Crippen LogP contribution >= 0.6 is 0 Å². The molecule has 0 heteroatoms. The monoisotopic (exact) mass is 143 g/mol. The molecule has 1 rings (SSSR count). The topological polar surface area (TPSA) is 0 Å². The lowest BCUT2D eigenvalue weighted by Gasteiger charge is -1.75. The molecule has 0 aromatic carbocycles. The van der Waals surface area contributed by atoms with Gasteiger partial charge in [-0.25, -0.2) is 0 Å². The molecular weight excluding hydrogens is 132 g/mol. The minimum Gasteiger partial charge on any atom is -0.0801 e. The Morgan fingerprint density at radius 3 is 2.18 bits per heavy atom. The van der Waals surface area contributed by atoms with Crippen LogP contribution in [0.3, 0.4) is 0 Å². The summed E-state index contributed by atoms with van der Waals surface area (Å²) >= 11 is 0. The largest absolute Gasteiger partial charge is 0.0801 e. The summed E-state index contributed by atoms with van der Waals surface area (Å²) in [4.78, 5) is 0. The van der Waals surface area contributed by atoms with Crippen molar-refractivity contribution in [1.29, 1.82) is 0 Å². The molecule has 0 saturated heterocycles.